The number of benzene rings is 1. The van der Waals surface area contributed by atoms with E-state index in [2.05, 4.69) is 13.0 Å². The van der Waals surface area contributed by atoms with E-state index < -0.39 is 6.04 Å². The molecule has 1 rings (SSSR count). The molecule has 17 heavy (non-hydrogen) atoms. The van der Waals surface area contributed by atoms with Gasteiger partial charge in [-0.05, 0) is 25.6 Å². The molecule has 3 heteroatoms. The molecule has 1 aromatic carbocycles. The standard InChI is InChI=1S/C14H19FN2/c1-3-5-10-17(4-2)14(11-16)12-8-6-7-9-13(12)15/h6-9,14H,3-5,10H2,1-2H3. The molecule has 0 spiro atoms. The largest absolute Gasteiger partial charge is 0.285 e. The van der Waals surface area contributed by atoms with E-state index >= 15 is 0 Å². The summed E-state index contributed by atoms with van der Waals surface area (Å²) in [6.07, 6.45) is 2.10. The van der Waals surface area contributed by atoms with E-state index in [1.54, 1.807) is 18.2 Å². The minimum atomic E-state index is -0.479. The first-order valence-electron chi connectivity index (χ1n) is 6.12. The van der Waals surface area contributed by atoms with Gasteiger partial charge in [-0.25, -0.2) is 4.39 Å². The van der Waals surface area contributed by atoms with Crippen LogP contribution in [0.2, 0.25) is 0 Å². The summed E-state index contributed by atoms with van der Waals surface area (Å²) in [5, 5.41) is 9.25. The van der Waals surface area contributed by atoms with Crippen molar-refractivity contribution in [3.63, 3.8) is 0 Å². The lowest BCUT2D eigenvalue weighted by Crippen LogP contribution is -2.29. The van der Waals surface area contributed by atoms with Crippen LogP contribution in [-0.2, 0) is 0 Å². The van der Waals surface area contributed by atoms with E-state index in [0.717, 1.165) is 25.9 Å². The van der Waals surface area contributed by atoms with Gasteiger partial charge in [0.15, 0.2) is 0 Å². The number of unbranched alkanes of at least 4 members (excludes halogenated alkanes) is 1. The summed E-state index contributed by atoms with van der Waals surface area (Å²) in [5.41, 5.74) is 0.480. The quantitative estimate of drug-likeness (QED) is 0.753. The molecular weight excluding hydrogens is 215 g/mol. The third kappa shape index (κ3) is 3.54. The van der Waals surface area contributed by atoms with Crippen LogP contribution in [0.3, 0.4) is 0 Å². The number of nitriles is 1. The van der Waals surface area contributed by atoms with Gasteiger partial charge in [-0.15, -0.1) is 0 Å². The molecule has 0 aromatic heterocycles. The van der Waals surface area contributed by atoms with Crippen molar-refractivity contribution in [2.45, 2.75) is 32.7 Å². The molecule has 0 aliphatic carbocycles. The molecule has 0 aliphatic heterocycles. The Bertz CT molecular complexity index is 384. The van der Waals surface area contributed by atoms with Gasteiger partial charge >= 0.3 is 0 Å². The minimum Gasteiger partial charge on any atom is -0.285 e. The Labute approximate surface area is 103 Å². The Morgan fingerprint density at radius 2 is 2.06 bits per heavy atom. The molecule has 92 valence electrons. The zero-order valence-corrected chi connectivity index (χ0v) is 10.5. The second-order valence-corrected chi connectivity index (χ2v) is 4.04. The van der Waals surface area contributed by atoms with Crippen LogP contribution in [0.1, 0.15) is 38.3 Å². The molecule has 1 atom stereocenters. The van der Waals surface area contributed by atoms with Crippen molar-refractivity contribution in [1.82, 2.24) is 4.90 Å². The van der Waals surface area contributed by atoms with Gasteiger partial charge in [0.2, 0.25) is 0 Å². The monoisotopic (exact) mass is 234 g/mol. The third-order valence-electron chi connectivity index (χ3n) is 2.89. The molecule has 0 bridgehead atoms. The normalized spacial score (nSPS) is 12.4. The summed E-state index contributed by atoms with van der Waals surface area (Å²) in [7, 11) is 0. The van der Waals surface area contributed by atoms with Crippen molar-refractivity contribution >= 4 is 0 Å². The van der Waals surface area contributed by atoms with Gasteiger partial charge in [-0.3, -0.25) is 4.90 Å². The Balaban J connectivity index is 2.90. The molecule has 1 unspecified atom stereocenters. The van der Waals surface area contributed by atoms with Crippen molar-refractivity contribution in [1.29, 1.82) is 5.26 Å². The fourth-order valence-corrected chi connectivity index (χ4v) is 1.88. The summed E-state index contributed by atoms with van der Waals surface area (Å²) in [5.74, 6) is -0.297. The molecular formula is C14H19FN2. The van der Waals surface area contributed by atoms with E-state index in [0.29, 0.717) is 5.56 Å². The fourth-order valence-electron chi connectivity index (χ4n) is 1.88. The highest BCUT2D eigenvalue weighted by molar-refractivity contribution is 5.25. The van der Waals surface area contributed by atoms with Crippen molar-refractivity contribution in [3.05, 3.63) is 35.6 Å². The van der Waals surface area contributed by atoms with Gasteiger partial charge in [-0.2, -0.15) is 5.26 Å². The average molecular weight is 234 g/mol. The van der Waals surface area contributed by atoms with Gasteiger partial charge < -0.3 is 0 Å². The second-order valence-electron chi connectivity index (χ2n) is 4.04. The summed E-state index contributed by atoms with van der Waals surface area (Å²) in [6.45, 7) is 5.70. The van der Waals surface area contributed by atoms with Crippen molar-refractivity contribution in [2.24, 2.45) is 0 Å². The van der Waals surface area contributed by atoms with Crippen molar-refractivity contribution in [3.8, 4) is 6.07 Å². The molecule has 0 radical (unpaired) electrons. The predicted octanol–water partition coefficient (Wildman–Crippen LogP) is 3.51. The predicted molar refractivity (Wildman–Crippen MR) is 66.9 cm³/mol. The molecule has 0 aliphatic rings. The Morgan fingerprint density at radius 1 is 1.35 bits per heavy atom. The Hall–Kier alpha value is -1.40. The van der Waals surface area contributed by atoms with Gasteiger partial charge in [0.25, 0.3) is 0 Å². The number of hydrogen-bond acceptors (Lipinski definition) is 2. The maximum atomic E-state index is 13.7. The first-order valence-corrected chi connectivity index (χ1v) is 6.12. The summed E-state index contributed by atoms with van der Waals surface area (Å²) >= 11 is 0. The Kier molecular flexibility index (Phi) is 5.65. The number of nitrogens with zero attached hydrogens (tertiary/aromatic N) is 2. The van der Waals surface area contributed by atoms with Crippen LogP contribution in [0.25, 0.3) is 0 Å². The number of rotatable bonds is 6. The van der Waals surface area contributed by atoms with Crippen LogP contribution in [0.4, 0.5) is 4.39 Å². The van der Waals surface area contributed by atoms with Gasteiger partial charge in [0.1, 0.15) is 11.9 Å². The zero-order valence-electron chi connectivity index (χ0n) is 10.5. The van der Waals surface area contributed by atoms with Crippen molar-refractivity contribution in [2.75, 3.05) is 13.1 Å². The third-order valence-corrected chi connectivity index (χ3v) is 2.89. The van der Waals surface area contributed by atoms with Crippen LogP contribution >= 0.6 is 0 Å². The van der Waals surface area contributed by atoms with Crippen LogP contribution in [0.5, 0.6) is 0 Å². The number of halogens is 1. The van der Waals surface area contributed by atoms with Gasteiger partial charge in [-0.1, -0.05) is 38.5 Å². The molecule has 0 N–H and O–H groups in total. The topological polar surface area (TPSA) is 27.0 Å². The smallest absolute Gasteiger partial charge is 0.129 e. The molecule has 2 nitrogen and oxygen atoms in total. The lowest BCUT2D eigenvalue weighted by atomic mass is 10.1. The summed E-state index contributed by atoms with van der Waals surface area (Å²) < 4.78 is 13.7. The summed E-state index contributed by atoms with van der Waals surface area (Å²) in [4.78, 5) is 2.02. The summed E-state index contributed by atoms with van der Waals surface area (Å²) in [6, 6.07) is 8.25. The highest BCUT2D eigenvalue weighted by atomic mass is 19.1. The van der Waals surface area contributed by atoms with Gasteiger partial charge in [0, 0.05) is 5.56 Å². The van der Waals surface area contributed by atoms with Gasteiger partial charge in [0.05, 0.1) is 6.07 Å². The van der Waals surface area contributed by atoms with Crippen LogP contribution in [0, 0.1) is 17.1 Å². The van der Waals surface area contributed by atoms with Crippen LogP contribution in [0.15, 0.2) is 24.3 Å². The number of hydrogen-bond donors (Lipinski definition) is 0. The minimum absolute atomic E-state index is 0.297. The lowest BCUT2D eigenvalue weighted by molar-refractivity contribution is 0.240. The molecule has 0 amide bonds. The first-order chi connectivity index (χ1) is 8.24. The van der Waals surface area contributed by atoms with E-state index in [1.807, 2.05) is 11.8 Å². The van der Waals surface area contributed by atoms with Crippen LogP contribution in [-0.4, -0.2) is 18.0 Å². The molecule has 0 heterocycles. The highest BCUT2D eigenvalue weighted by Gasteiger charge is 2.20. The van der Waals surface area contributed by atoms with Crippen molar-refractivity contribution < 1.29 is 4.39 Å². The van der Waals surface area contributed by atoms with E-state index in [1.165, 1.54) is 6.07 Å². The van der Waals surface area contributed by atoms with E-state index in [4.69, 9.17) is 0 Å². The maximum Gasteiger partial charge on any atom is 0.129 e. The molecule has 0 saturated carbocycles. The van der Waals surface area contributed by atoms with Crippen LogP contribution < -0.4 is 0 Å². The highest BCUT2D eigenvalue weighted by Crippen LogP contribution is 2.22. The van der Waals surface area contributed by atoms with E-state index in [-0.39, 0.29) is 5.82 Å². The maximum absolute atomic E-state index is 13.7. The lowest BCUT2D eigenvalue weighted by Gasteiger charge is -2.26. The fraction of sp³-hybridized carbons (Fsp3) is 0.500. The zero-order chi connectivity index (χ0) is 12.7. The average Bonchev–Trinajstić information content (AvgIpc) is 2.36. The molecule has 0 saturated heterocycles. The first kappa shape index (κ1) is 13.7. The molecule has 1 aromatic rings. The molecule has 0 fully saturated rings. The second kappa shape index (κ2) is 7.03. The SMILES string of the molecule is CCCCN(CC)C(C#N)c1ccccc1F. The Morgan fingerprint density at radius 3 is 2.59 bits per heavy atom. The van der Waals surface area contributed by atoms with E-state index in [9.17, 15) is 9.65 Å².